The Morgan fingerprint density at radius 3 is 3.00 bits per heavy atom. The second-order valence-corrected chi connectivity index (χ2v) is 5.05. The lowest BCUT2D eigenvalue weighted by Gasteiger charge is -2.04. The third kappa shape index (κ3) is 2.54. The molecule has 2 rings (SSSR count). The molecule has 1 N–H and O–H groups in total. The van der Waals surface area contributed by atoms with Crippen LogP contribution in [0.4, 0.5) is 0 Å². The highest BCUT2D eigenvalue weighted by Crippen LogP contribution is 2.28. The van der Waals surface area contributed by atoms with Crippen LogP contribution in [0.3, 0.4) is 0 Å². The van der Waals surface area contributed by atoms with E-state index in [1.54, 1.807) is 17.8 Å². The van der Waals surface area contributed by atoms with Crippen LogP contribution in [-0.4, -0.2) is 17.1 Å². The number of furan rings is 1. The van der Waals surface area contributed by atoms with Gasteiger partial charge in [0.05, 0.1) is 0 Å². The number of rotatable bonds is 4. The van der Waals surface area contributed by atoms with Gasteiger partial charge in [-0.2, -0.15) is 11.8 Å². The van der Waals surface area contributed by atoms with Crippen molar-refractivity contribution in [2.45, 2.75) is 12.5 Å². The summed E-state index contributed by atoms with van der Waals surface area (Å²) in [4.78, 5) is 0. The minimum Gasteiger partial charge on any atom is -0.458 e. The van der Waals surface area contributed by atoms with Crippen LogP contribution in [-0.2, 0) is 0 Å². The second kappa shape index (κ2) is 5.13. The third-order valence-corrected chi connectivity index (χ3v) is 3.30. The number of hydrogen-bond acceptors (Lipinski definition) is 3. The molecule has 1 aromatic carbocycles. The van der Waals surface area contributed by atoms with E-state index >= 15 is 0 Å². The first-order valence-corrected chi connectivity index (χ1v) is 6.84. The average Bonchev–Trinajstić information content (AvgIpc) is 2.68. The largest absolute Gasteiger partial charge is 0.458 e. The average molecular weight is 257 g/mol. The number of benzene rings is 1. The lowest BCUT2D eigenvalue weighted by molar-refractivity contribution is 0.149. The van der Waals surface area contributed by atoms with Crippen molar-refractivity contribution in [3.05, 3.63) is 35.0 Å². The van der Waals surface area contributed by atoms with Crippen molar-refractivity contribution in [3.63, 3.8) is 0 Å². The van der Waals surface area contributed by atoms with Crippen LogP contribution in [0.25, 0.3) is 11.0 Å². The van der Waals surface area contributed by atoms with E-state index in [9.17, 15) is 5.11 Å². The quantitative estimate of drug-likeness (QED) is 0.902. The minimum absolute atomic E-state index is 0.529. The van der Waals surface area contributed by atoms with Crippen molar-refractivity contribution in [3.8, 4) is 0 Å². The highest BCUT2D eigenvalue weighted by atomic mass is 35.5. The van der Waals surface area contributed by atoms with E-state index in [0.717, 1.165) is 16.7 Å². The van der Waals surface area contributed by atoms with E-state index in [-0.39, 0.29) is 0 Å². The van der Waals surface area contributed by atoms with Crippen LogP contribution in [0, 0.1) is 0 Å². The van der Waals surface area contributed by atoms with Gasteiger partial charge in [-0.15, -0.1) is 0 Å². The van der Waals surface area contributed by atoms with Gasteiger partial charge in [0.1, 0.15) is 17.4 Å². The maximum absolute atomic E-state index is 9.88. The summed E-state index contributed by atoms with van der Waals surface area (Å²) in [7, 11) is 0. The van der Waals surface area contributed by atoms with Gasteiger partial charge in [-0.05, 0) is 42.7 Å². The van der Waals surface area contributed by atoms with E-state index in [2.05, 4.69) is 0 Å². The summed E-state index contributed by atoms with van der Waals surface area (Å²) < 4.78 is 5.56. The first kappa shape index (κ1) is 11.8. The van der Waals surface area contributed by atoms with Crippen LogP contribution in [0.1, 0.15) is 18.3 Å². The van der Waals surface area contributed by atoms with Gasteiger partial charge in [0.25, 0.3) is 0 Å². The van der Waals surface area contributed by atoms with Crippen LogP contribution in [0.15, 0.2) is 28.7 Å². The molecule has 2 nitrogen and oxygen atoms in total. The second-order valence-electron chi connectivity index (χ2n) is 3.63. The Bertz CT molecular complexity index is 481. The molecular formula is C12H13ClO2S. The van der Waals surface area contributed by atoms with Crippen molar-refractivity contribution in [1.29, 1.82) is 0 Å². The summed E-state index contributed by atoms with van der Waals surface area (Å²) in [6, 6.07) is 7.30. The summed E-state index contributed by atoms with van der Waals surface area (Å²) in [6.45, 7) is 0. The van der Waals surface area contributed by atoms with E-state index in [1.165, 1.54) is 0 Å². The van der Waals surface area contributed by atoms with Crippen LogP contribution in [0.5, 0.6) is 0 Å². The summed E-state index contributed by atoms with van der Waals surface area (Å²) in [5.74, 6) is 1.53. The van der Waals surface area contributed by atoms with Gasteiger partial charge in [0.15, 0.2) is 0 Å². The molecule has 86 valence electrons. The molecule has 0 fully saturated rings. The van der Waals surface area contributed by atoms with Gasteiger partial charge in [0.2, 0.25) is 0 Å². The number of aliphatic hydroxyl groups is 1. The summed E-state index contributed by atoms with van der Waals surface area (Å²) in [5, 5.41) is 11.5. The molecule has 0 spiro atoms. The molecule has 1 unspecified atom stereocenters. The Morgan fingerprint density at radius 2 is 2.25 bits per heavy atom. The number of aliphatic hydroxyl groups excluding tert-OH is 1. The van der Waals surface area contributed by atoms with E-state index in [0.29, 0.717) is 17.2 Å². The first-order chi connectivity index (χ1) is 7.70. The molecule has 0 aliphatic heterocycles. The molecule has 4 heteroatoms. The minimum atomic E-state index is -0.529. The molecule has 0 radical (unpaired) electrons. The molecule has 0 aliphatic carbocycles. The lowest BCUT2D eigenvalue weighted by Crippen LogP contribution is -1.96. The van der Waals surface area contributed by atoms with Gasteiger partial charge >= 0.3 is 0 Å². The molecule has 2 aromatic rings. The lowest BCUT2D eigenvalue weighted by atomic mass is 10.2. The molecule has 0 saturated heterocycles. The molecule has 0 aliphatic rings. The highest BCUT2D eigenvalue weighted by Gasteiger charge is 2.12. The molecule has 1 heterocycles. The smallest absolute Gasteiger partial charge is 0.134 e. The number of halogens is 1. The maximum atomic E-state index is 9.88. The van der Waals surface area contributed by atoms with Gasteiger partial charge in [-0.1, -0.05) is 11.6 Å². The predicted octanol–water partition coefficient (Wildman–Crippen LogP) is 3.87. The fourth-order valence-electron chi connectivity index (χ4n) is 1.57. The Balaban J connectivity index is 2.25. The molecule has 0 amide bonds. The normalized spacial score (nSPS) is 13.2. The topological polar surface area (TPSA) is 33.4 Å². The third-order valence-electron chi connectivity index (χ3n) is 2.42. The Kier molecular flexibility index (Phi) is 3.79. The number of hydrogen-bond donors (Lipinski definition) is 1. The van der Waals surface area contributed by atoms with Crippen molar-refractivity contribution in [1.82, 2.24) is 0 Å². The van der Waals surface area contributed by atoms with E-state index in [4.69, 9.17) is 16.0 Å². The SMILES string of the molecule is CSCCC(O)c1cc2cc(Cl)ccc2o1. The van der Waals surface area contributed by atoms with Crippen LogP contribution >= 0.6 is 23.4 Å². The van der Waals surface area contributed by atoms with Crippen molar-refractivity contribution >= 4 is 34.3 Å². The molecule has 1 aromatic heterocycles. The zero-order chi connectivity index (χ0) is 11.5. The van der Waals surface area contributed by atoms with Crippen molar-refractivity contribution in [2.24, 2.45) is 0 Å². The standard InChI is InChI=1S/C12H13ClO2S/c1-16-5-4-10(14)12-7-8-6-9(13)2-3-11(8)15-12/h2-3,6-7,10,14H,4-5H2,1H3. The summed E-state index contributed by atoms with van der Waals surface area (Å²) >= 11 is 7.59. The number of thioether (sulfide) groups is 1. The molecule has 0 saturated carbocycles. The molecular weight excluding hydrogens is 244 g/mol. The fraction of sp³-hybridized carbons (Fsp3) is 0.333. The Hall–Kier alpha value is -0.640. The molecule has 1 atom stereocenters. The maximum Gasteiger partial charge on any atom is 0.134 e. The van der Waals surface area contributed by atoms with Gasteiger partial charge < -0.3 is 9.52 Å². The van der Waals surface area contributed by atoms with E-state index in [1.807, 2.05) is 24.5 Å². The first-order valence-electron chi connectivity index (χ1n) is 5.06. The van der Waals surface area contributed by atoms with Crippen molar-refractivity contribution in [2.75, 3.05) is 12.0 Å². The predicted molar refractivity (Wildman–Crippen MR) is 69.2 cm³/mol. The highest BCUT2D eigenvalue weighted by molar-refractivity contribution is 7.98. The van der Waals surface area contributed by atoms with Gasteiger partial charge in [0, 0.05) is 10.4 Å². The van der Waals surface area contributed by atoms with E-state index < -0.39 is 6.10 Å². The monoisotopic (exact) mass is 256 g/mol. The van der Waals surface area contributed by atoms with Gasteiger partial charge in [-0.3, -0.25) is 0 Å². The fourth-order valence-corrected chi connectivity index (χ4v) is 2.21. The molecule has 0 bridgehead atoms. The zero-order valence-corrected chi connectivity index (χ0v) is 10.5. The van der Waals surface area contributed by atoms with Crippen molar-refractivity contribution < 1.29 is 9.52 Å². The molecule has 16 heavy (non-hydrogen) atoms. The number of fused-ring (bicyclic) bond motifs is 1. The zero-order valence-electron chi connectivity index (χ0n) is 8.94. The Labute approximate surface area is 104 Å². The van der Waals surface area contributed by atoms with Crippen LogP contribution < -0.4 is 0 Å². The van der Waals surface area contributed by atoms with Crippen LogP contribution in [0.2, 0.25) is 5.02 Å². The van der Waals surface area contributed by atoms with Gasteiger partial charge in [-0.25, -0.2) is 0 Å². The Morgan fingerprint density at radius 1 is 1.44 bits per heavy atom. The summed E-state index contributed by atoms with van der Waals surface area (Å²) in [6.07, 6.45) is 2.19. The summed E-state index contributed by atoms with van der Waals surface area (Å²) in [5.41, 5.74) is 0.766.